The van der Waals surface area contributed by atoms with Crippen molar-refractivity contribution >= 4 is 17.5 Å². The van der Waals surface area contributed by atoms with Crippen molar-refractivity contribution in [3.8, 4) is 5.75 Å². The molecular formula is C19H24N4O3. The van der Waals surface area contributed by atoms with Crippen LogP contribution in [0.3, 0.4) is 0 Å². The summed E-state index contributed by atoms with van der Waals surface area (Å²) in [7, 11) is 1.58. The van der Waals surface area contributed by atoms with Crippen LogP contribution in [0.4, 0.5) is 5.69 Å². The maximum absolute atomic E-state index is 12.4. The minimum absolute atomic E-state index is 0.00570. The molecule has 2 aromatic rings. The molecule has 0 spiro atoms. The van der Waals surface area contributed by atoms with Crippen molar-refractivity contribution in [3.05, 3.63) is 42.5 Å². The van der Waals surface area contributed by atoms with Gasteiger partial charge in [0.1, 0.15) is 11.6 Å². The number of hydrogen-bond donors (Lipinski definition) is 1. The Balaban J connectivity index is 1.51. The lowest BCUT2D eigenvalue weighted by Gasteiger charge is -2.19. The molecular weight excluding hydrogens is 332 g/mol. The molecule has 1 aromatic heterocycles. The van der Waals surface area contributed by atoms with E-state index in [0.29, 0.717) is 25.1 Å². The normalized spacial score (nSPS) is 16.8. The first-order valence-electron chi connectivity index (χ1n) is 8.79. The van der Waals surface area contributed by atoms with Gasteiger partial charge in [0, 0.05) is 38.3 Å². The van der Waals surface area contributed by atoms with Crippen LogP contribution >= 0.6 is 0 Å². The molecule has 1 N–H and O–H groups in total. The second-order valence-electron chi connectivity index (χ2n) is 6.42. The minimum atomic E-state index is -0.171. The van der Waals surface area contributed by atoms with Crippen LogP contribution in [0.2, 0.25) is 0 Å². The Bertz CT molecular complexity index is 787. The number of methoxy groups -OCH3 is 1. The average molecular weight is 356 g/mol. The van der Waals surface area contributed by atoms with Crippen LogP contribution in [0.25, 0.3) is 0 Å². The number of carbonyl (C=O) groups is 2. The molecule has 1 aromatic carbocycles. The first-order chi connectivity index (χ1) is 12.6. The molecule has 0 radical (unpaired) electrons. The van der Waals surface area contributed by atoms with Gasteiger partial charge in [-0.2, -0.15) is 0 Å². The predicted molar refractivity (Wildman–Crippen MR) is 98.1 cm³/mol. The summed E-state index contributed by atoms with van der Waals surface area (Å²) in [6.45, 7) is 3.17. The molecule has 138 valence electrons. The number of aryl methyl sites for hydroxylation is 2. The molecule has 1 aliphatic heterocycles. The van der Waals surface area contributed by atoms with Crippen LogP contribution in [-0.4, -0.2) is 41.1 Å². The van der Waals surface area contributed by atoms with Gasteiger partial charge in [0.05, 0.1) is 18.8 Å². The van der Waals surface area contributed by atoms with Crippen molar-refractivity contribution < 1.29 is 14.3 Å². The van der Waals surface area contributed by atoms with Crippen LogP contribution in [0.5, 0.6) is 5.75 Å². The van der Waals surface area contributed by atoms with Gasteiger partial charge in [0.25, 0.3) is 0 Å². The number of benzene rings is 1. The number of hydrogen-bond acceptors (Lipinski definition) is 4. The van der Waals surface area contributed by atoms with Crippen molar-refractivity contribution in [3.63, 3.8) is 0 Å². The Labute approximate surface area is 153 Å². The first-order valence-corrected chi connectivity index (χ1v) is 8.79. The quantitative estimate of drug-likeness (QED) is 0.822. The highest BCUT2D eigenvalue weighted by Gasteiger charge is 2.32. The number of ether oxygens (including phenoxy) is 1. The smallest absolute Gasteiger partial charge is 0.229 e. The Hall–Kier alpha value is -2.83. The number of anilines is 1. The van der Waals surface area contributed by atoms with Gasteiger partial charge in [-0.25, -0.2) is 4.98 Å². The fourth-order valence-corrected chi connectivity index (χ4v) is 3.24. The Morgan fingerprint density at radius 1 is 1.38 bits per heavy atom. The predicted octanol–water partition coefficient (Wildman–Crippen LogP) is 1.90. The van der Waals surface area contributed by atoms with Gasteiger partial charge in [-0.3, -0.25) is 9.59 Å². The van der Waals surface area contributed by atoms with Gasteiger partial charge in [-0.1, -0.05) is 12.1 Å². The van der Waals surface area contributed by atoms with E-state index in [-0.39, 0.29) is 17.9 Å². The molecule has 0 bridgehead atoms. The van der Waals surface area contributed by atoms with Crippen LogP contribution < -0.4 is 15.0 Å². The molecule has 1 aliphatic rings. The largest absolute Gasteiger partial charge is 0.495 e. The van der Waals surface area contributed by atoms with Gasteiger partial charge in [-0.05, 0) is 25.5 Å². The number of nitrogens with one attached hydrogen (secondary N) is 1. The first kappa shape index (κ1) is 18.0. The molecule has 26 heavy (non-hydrogen) atoms. The number of carbonyl (C=O) groups excluding carboxylic acids is 2. The number of imidazole rings is 1. The zero-order valence-corrected chi connectivity index (χ0v) is 15.1. The summed E-state index contributed by atoms with van der Waals surface area (Å²) in [6.07, 6.45) is 5.14. The van der Waals surface area contributed by atoms with Gasteiger partial charge in [0.2, 0.25) is 11.8 Å². The number of aromatic nitrogens is 2. The van der Waals surface area contributed by atoms with Crippen molar-refractivity contribution in [2.24, 2.45) is 0 Å². The fourth-order valence-electron chi connectivity index (χ4n) is 3.24. The SMILES string of the molecule is COc1ccccc1N1CC(NC(=O)CCCn2ccnc2C)CC1=O. The molecule has 1 unspecified atom stereocenters. The van der Waals surface area contributed by atoms with Gasteiger partial charge >= 0.3 is 0 Å². The van der Waals surface area contributed by atoms with Crippen molar-refractivity contribution in [2.45, 2.75) is 38.8 Å². The van der Waals surface area contributed by atoms with E-state index in [2.05, 4.69) is 10.3 Å². The summed E-state index contributed by atoms with van der Waals surface area (Å²) in [4.78, 5) is 30.4. The third kappa shape index (κ3) is 4.04. The summed E-state index contributed by atoms with van der Waals surface area (Å²) >= 11 is 0. The lowest BCUT2D eigenvalue weighted by molar-refractivity contribution is -0.121. The van der Waals surface area contributed by atoms with E-state index in [1.807, 2.05) is 42.0 Å². The summed E-state index contributed by atoms with van der Waals surface area (Å²) in [5.41, 5.74) is 0.743. The number of amides is 2. The Kier molecular flexibility index (Phi) is 5.55. The van der Waals surface area contributed by atoms with E-state index in [0.717, 1.165) is 24.5 Å². The molecule has 1 atom stereocenters. The molecule has 3 rings (SSSR count). The highest BCUT2D eigenvalue weighted by Crippen LogP contribution is 2.30. The third-order valence-corrected chi connectivity index (χ3v) is 4.59. The second kappa shape index (κ2) is 8.03. The van der Waals surface area contributed by atoms with E-state index in [1.165, 1.54) is 0 Å². The van der Waals surface area contributed by atoms with Crippen LogP contribution in [0, 0.1) is 6.92 Å². The van der Waals surface area contributed by atoms with Crippen LogP contribution in [-0.2, 0) is 16.1 Å². The van der Waals surface area contributed by atoms with E-state index in [4.69, 9.17) is 4.74 Å². The molecule has 7 nitrogen and oxygen atoms in total. The maximum Gasteiger partial charge on any atom is 0.229 e. The molecule has 1 saturated heterocycles. The monoisotopic (exact) mass is 356 g/mol. The average Bonchev–Trinajstić information content (AvgIpc) is 3.20. The summed E-state index contributed by atoms with van der Waals surface area (Å²) < 4.78 is 7.36. The number of nitrogens with zero attached hydrogens (tertiary/aromatic N) is 3. The lowest BCUT2D eigenvalue weighted by Crippen LogP contribution is -2.37. The third-order valence-electron chi connectivity index (χ3n) is 4.59. The second-order valence-corrected chi connectivity index (χ2v) is 6.42. The molecule has 2 heterocycles. The maximum atomic E-state index is 12.4. The zero-order chi connectivity index (χ0) is 18.5. The van der Waals surface area contributed by atoms with E-state index < -0.39 is 0 Å². The minimum Gasteiger partial charge on any atom is -0.495 e. The summed E-state index contributed by atoms with van der Waals surface area (Å²) in [6, 6.07) is 7.25. The van der Waals surface area contributed by atoms with Gasteiger partial charge in [0.15, 0.2) is 0 Å². The van der Waals surface area contributed by atoms with Gasteiger partial charge in [-0.15, -0.1) is 0 Å². The lowest BCUT2D eigenvalue weighted by atomic mass is 10.2. The Morgan fingerprint density at radius 2 is 2.19 bits per heavy atom. The topological polar surface area (TPSA) is 76.5 Å². The molecule has 0 saturated carbocycles. The van der Waals surface area contributed by atoms with E-state index >= 15 is 0 Å². The fraction of sp³-hybridized carbons (Fsp3) is 0.421. The molecule has 2 amide bonds. The Morgan fingerprint density at radius 3 is 2.92 bits per heavy atom. The number of para-hydroxylation sites is 2. The zero-order valence-electron chi connectivity index (χ0n) is 15.1. The van der Waals surface area contributed by atoms with Crippen molar-refractivity contribution in [1.82, 2.24) is 14.9 Å². The molecule has 1 fully saturated rings. The molecule has 0 aliphatic carbocycles. The van der Waals surface area contributed by atoms with Crippen LogP contribution in [0.15, 0.2) is 36.7 Å². The number of rotatable bonds is 7. The van der Waals surface area contributed by atoms with E-state index in [9.17, 15) is 9.59 Å². The van der Waals surface area contributed by atoms with Crippen molar-refractivity contribution in [2.75, 3.05) is 18.6 Å². The standard InChI is InChI=1S/C19H24N4O3/c1-14-20-9-11-22(14)10-5-8-18(24)21-15-12-19(25)23(13-15)16-6-3-4-7-17(16)26-2/h3-4,6-7,9,11,15H,5,8,10,12-13H2,1-2H3,(H,21,24). The van der Waals surface area contributed by atoms with Crippen LogP contribution in [0.1, 0.15) is 25.1 Å². The van der Waals surface area contributed by atoms with E-state index in [1.54, 1.807) is 18.2 Å². The summed E-state index contributed by atoms with van der Waals surface area (Å²) in [5.74, 6) is 1.57. The summed E-state index contributed by atoms with van der Waals surface area (Å²) in [5, 5.41) is 2.97. The molecule has 7 heteroatoms. The van der Waals surface area contributed by atoms with Gasteiger partial charge < -0.3 is 19.5 Å². The highest BCUT2D eigenvalue weighted by molar-refractivity contribution is 5.98. The van der Waals surface area contributed by atoms with Crippen molar-refractivity contribution in [1.29, 1.82) is 0 Å². The highest BCUT2D eigenvalue weighted by atomic mass is 16.5.